The van der Waals surface area contributed by atoms with Crippen LogP contribution in [0.3, 0.4) is 0 Å². The molecular formula is C15H14INO2. The Bertz CT molecular complexity index is 594. The number of amides is 1. The van der Waals surface area contributed by atoms with Crippen molar-refractivity contribution in [2.24, 2.45) is 0 Å². The van der Waals surface area contributed by atoms with Gasteiger partial charge in [-0.2, -0.15) is 0 Å². The highest BCUT2D eigenvalue weighted by Crippen LogP contribution is 2.20. The molecule has 0 aliphatic heterocycles. The fourth-order valence-corrected chi connectivity index (χ4v) is 2.06. The zero-order valence-electron chi connectivity index (χ0n) is 10.7. The van der Waals surface area contributed by atoms with E-state index in [2.05, 4.69) is 27.9 Å². The second-order valence-corrected chi connectivity index (χ2v) is 5.39. The third-order valence-electron chi connectivity index (χ3n) is 2.77. The number of carbonyl (C=O) groups is 1. The molecule has 0 atom stereocenters. The Labute approximate surface area is 126 Å². The van der Waals surface area contributed by atoms with Crippen molar-refractivity contribution in [1.82, 2.24) is 0 Å². The van der Waals surface area contributed by atoms with Gasteiger partial charge >= 0.3 is 0 Å². The fourth-order valence-electron chi connectivity index (χ4n) is 1.70. The van der Waals surface area contributed by atoms with Crippen molar-refractivity contribution in [1.29, 1.82) is 0 Å². The number of halogens is 1. The van der Waals surface area contributed by atoms with Gasteiger partial charge in [-0.25, -0.2) is 0 Å². The molecule has 0 fully saturated rings. The van der Waals surface area contributed by atoms with Crippen LogP contribution in [-0.2, 0) is 0 Å². The summed E-state index contributed by atoms with van der Waals surface area (Å²) in [5.41, 5.74) is 2.37. The number of nitrogens with one attached hydrogen (secondary N) is 1. The van der Waals surface area contributed by atoms with Gasteiger partial charge in [-0.1, -0.05) is 6.07 Å². The Morgan fingerprint density at radius 1 is 1.16 bits per heavy atom. The molecule has 0 aliphatic rings. The number of carbonyl (C=O) groups excluding carboxylic acids is 1. The normalized spacial score (nSPS) is 10.1. The molecule has 2 aromatic rings. The van der Waals surface area contributed by atoms with Crippen molar-refractivity contribution in [3.05, 3.63) is 57.2 Å². The van der Waals surface area contributed by atoms with Gasteiger partial charge < -0.3 is 10.1 Å². The zero-order chi connectivity index (χ0) is 13.8. The first-order valence-corrected chi connectivity index (χ1v) is 6.89. The van der Waals surface area contributed by atoms with Crippen LogP contribution in [0.5, 0.6) is 5.75 Å². The van der Waals surface area contributed by atoms with Crippen molar-refractivity contribution in [2.75, 3.05) is 12.4 Å². The van der Waals surface area contributed by atoms with Gasteiger partial charge in [0.1, 0.15) is 5.75 Å². The number of hydrogen-bond donors (Lipinski definition) is 1. The van der Waals surface area contributed by atoms with Gasteiger partial charge in [0.2, 0.25) is 0 Å². The minimum Gasteiger partial charge on any atom is -0.496 e. The SMILES string of the molecule is COc1cc(C(=O)Nc2ccc(I)cc2)ccc1C. The number of hydrogen-bond acceptors (Lipinski definition) is 2. The second-order valence-electron chi connectivity index (χ2n) is 4.15. The minimum atomic E-state index is -0.139. The summed E-state index contributed by atoms with van der Waals surface area (Å²) >= 11 is 2.23. The van der Waals surface area contributed by atoms with Crippen LogP contribution >= 0.6 is 22.6 Å². The predicted molar refractivity (Wildman–Crippen MR) is 84.8 cm³/mol. The Hall–Kier alpha value is -1.56. The van der Waals surface area contributed by atoms with E-state index in [9.17, 15) is 4.79 Å². The fraction of sp³-hybridized carbons (Fsp3) is 0.133. The second kappa shape index (κ2) is 6.06. The number of ether oxygens (including phenoxy) is 1. The summed E-state index contributed by atoms with van der Waals surface area (Å²) in [6.07, 6.45) is 0. The largest absolute Gasteiger partial charge is 0.496 e. The van der Waals surface area contributed by atoms with E-state index in [1.54, 1.807) is 19.2 Å². The summed E-state index contributed by atoms with van der Waals surface area (Å²) in [6, 6.07) is 13.1. The van der Waals surface area contributed by atoms with E-state index in [0.717, 1.165) is 20.6 Å². The molecule has 19 heavy (non-hydrogen) atoms. The molecule has 0 radical (unpaired) electrons. The number of rotatable bonds is 3. The van der Waals surface area contributed by atoms with E-state index >= 15 is 0 Å². The van der Waals surface area contributed by atoms with Crippen LogP contribution in [0, 0.1) is 10.5 Å². The van der Waals surface area contributed by atoms with Gasteiger partial charge in [-0.3, -0.25) is 4.79 Å². The summed E-state index contributed by atoms with van der Waals surface area (Å²) in [6.45, 7) is 1.94. The maximum Gasteiger partial charge on any atom is 0.255 e. The summed E-state index contributed by atoms with van der Waals surface area (Å²) < 4.78 is 6.35. The van der Waals surface area contributed by atoms with Crippen LogP contribution in [0.15, 0.2) is 42.5 Å². The monoisotopic (exact) mass is 367 g/mol. The number of benzene rings is 2. The molecule has 2 rings (SSSR count). The van der Waals surface area contributed by atoms with Crippen LogP contribution < -0.4 is 10.1 Å². The lowest BCUT2D eigenvalue weighted by molar-refractivity contribution is 0.102. The minimum absolute atomic E-state index is 0.139. The third kappa shape index (κ3) is 3.47. The van der Waals surface area contributed by atoms with E-state index in [1.165, 1.54) is 0 Å². The van der Waals surface area contributed by atoms with Crippen molar-refractivity contribution in [3.8, 4) is 5.75 Å². The van der Waals surface area contributed by atoms with Crippen molar-refractivity contribution >= 4 is 34.2 Å². The lowest BCUT2D eigenvalue weighted by Crippen LogP contribution is -2.12. The molecule has 0 saturated heterocycles. The Morgan fingerprint density at radius 3 is 2.47 bits per heavy atom. The van der Waals surface area contributed by atoms with Crippen LogP contribution in [-0.4, -0.2) is 13.0 Å². The smallest absolute Gasteiger partial charge is 0.255 e. The highest BCUT2D eigenvalue weighted by molar-refractivity contribution is 14.1. The molecule has 0 spiro atoms. The molecule has 1 amide bonds. The maximum atomic E-state index is 12.1. The van der Waals surface area contributed by atoms with Crippen LogP contribution in [0.2, 0.25) is 0 Å². The van der Waals surface area contributed by atoms with Crippen molar-refractivity contribution in [2.45, 2.75) is 6.92 Å². The molecular weight excluding hydrogens is 353 g/mol. The van der Waals surface area contributed by atoms with Gasteiger partial charge in [-0.15, -0.1) is 0 Å². The van der Waals surface area contributed by atoms with E-state index < -0.39 is 0 Å². The number of methoxy groups -OCH3 is 1. The van der Waals surface area contributed by atoms with Crippen LogP contribution in [0.25, 0.3) is 0 Å². The lowest BCUT2D eigenvalue weighted by atomic mass is 10.1. The Balaban J connectivity index is 2.18. The third-order valence-corrected chi connectivity index (χ3v) is 3.49. The van der Waals surface area contributed by atoms with Crippen molar-refractivity contribution in [3.63, 3.8) is 0 Å². The molecule has 1 N–H and O–H groups in total. The van der Waals surface area contributed by atoms with Gasteiger partial charge in [-0.05, 0) is 71.5 Å². The predicted octanol–water partition coefficient (Wildman–Crippen LogP) is 3.86. The maximum absolute atomic E-state index is 12.1. The summed E-state index contributed by atoms with van der Waals surface area (Å²) in [5.74, 6) is 0.578. The van der Waals surface area contributed by atoms with E-state index in [1.807, 2.05) is 37.3 Å². The Morgan fingerprint density at radius 2 is 1.84 bits per heavy atom. The van der Waals surface area contributed by atoms with Crippen LogP contribution in [0.1, 0.15) is 15.9 Å². The highest BCUT2D eigenvalue weighted by Gasteiger charge is 2.08. The Kier molecular flexibility index (Phi) is 4.42. The van der Waals surface area contributed by atoms with Gasteiger partial charge in [0.15, 0.2) is 0 Å². The highest BCUT2D eigenvalue weighted by atomic mass is 127. The van der Waals surface area contributed by atoms with Gasteiger partial charge in [0.05, 0.1) is 7.11 Å². The molecule has 98 valence electrons. The number of anilines is 1. The molecule has 0 aliphatic carbocycles. The van der Waals surface area contributed by atoms with Gasteiger partial charge in [0, 0.05) is 14.8 Å². The standard InChI is InChI=1S/C15H14INO2/c1-10-3-4-11(9-14(10)19-2)15(18)17-13-7-5-12(16)6-8-13/h3-9H,1-2H3,(H,17,18). The average Bonchev–Trinajstić information content (AvgIpc) is 2.42. The quantitative estimate of drug-likeness (QED) is 0.837. The molecule has 0 saturated carbocycles. The van der Waals surface area contributed by atoms with Crippen molar-refractivity contribution < 1.29 is 9.53 Å². The molecule has 0 bridgehead atoms. The summed E-state index contributed by atoms with van der Waals surface area (Å²) in [5, 5.41) is 2.86. The van der Waals surface area contributed by atoms with E-state index in [0.29, 0.717) is 5.56 Å². The first-order valence-electron chi connectivity index (χ1n) is 5.81. The zero-order valence-corrected chi connectivity index (χ0v) is 12.9. The topological polar surface area (TPSA) is 38.3 Å². The molecule has 4 heteroatoms. The number of aryl methyl sites for hydroxylation is 1. The molecule has 0 heterocycles. The molecule has 2 aromatic carbocycles. The molecule has 3 nitrogen and oxygen atoms in total. The average molecular weight is 367 g/mol. The molecule has 0 unspecified atom stereocenters. The summed E-state index contributed by atoms with van der Waals surface area (Å²) in [7, 11) is 1.60. The molecule has 0 aromatic heterocycles. The van der Waals surface area contributed by atoms with E-state index in [-0.39, 0.29) is 5.91 Å². The van der Waals surface area contributed by atoms with Crippen LogP contribution in [0.4, 0.5) is 5.69 Å². The first-order chi connectivity index (χ1) is 9.10. The summed E-state index contributed by atoms with van der Waals surface area (Å²) in [4.78, 5) is 12.1. The van der Waals surface area contributed by atoms with E-state index in [4.69, 9.17) is 4.74 Å². The first kappa shape index (κ1) is 13.9. The lowest BCUT2D eigenvalue weighted by Gasteiger charge is -2.08. The van der Waals surface area contributed by atoms with Gasteiger partial charge in [0.25, 0.3) is 5.91 Å².